The molecule has 9 nitrogen and oxygen atoms in total. The third kappa shape index (κ3) is 12.5. The number of rotatable bonds is 16. The van der Waals surface area contributed by atoms with Gasteiger partial charge in [-0.1, -0.05) is 92.3 Å². The largest absolute Gasteiger partial charge is 0.496 e. The fourth-order valence-electron chi connectivity index (χ4n) is 5.93. The number of hydrogen-bond donors (Lipinski definition) is 1. The molecule has 2 aliphatic rings. The molecule has 0 unspecified atom stereocenters. The lowest BCUT2D eigenvalue weighted by Crippen LogP contribution is -2.23. The predicted octanol–water partition coefficient (Wildman–Crippen LogP) is 10.2. The third-order valence-corrected chi connectivity index (χ3v) is 13.5. The molecule has 0 aromatic heterocycles. The fourth-order valence-corrected chi connectivity index (χ4v) is 7.59. The molecule has 0 amide bonds. The summed E-state index contributed by atoms with van der Waals surface area (Å²) < 4.78 is 40.5. The van der Waals surface area contributed by atoms with Crippen molar-refractivity contribution < 1.29 is 44.5 Å². The van der Waals surface area contributed by atoms with E-state index in [1.807, 2.05) is 26.8 Å². The maximum Gasteiger partial charge on any atom is 0.342 e. The van der Waals surface area contributed by atoms with Crippen LogP contribution in [0.1, 0.15) is 83.1 Å². The van der Waals surface area contributed by atoms with Gasteiger partial charge in [-0.3, -0.25) is 0 Å². The summed E-state index contributed by atoms with van der Waals surface area (Å²) in [4.78, 5) is 24.7. The van der Waals surface area contributed by atoms with E-state index in [2.05, 4.69) is 68.2 Å². The number of aliphatic hydroxyl groups excluding tert-OH is 1. The molecule has 0 saturated carbocycles. The van der Waals surface area contributed by atoms with Gasteiger partial charge in [-0.15, -0.1) is 0 Å². The van der Waals surface area contributed by atoms with Gasteiger partial charge in [0.05, 0.1) is 34.0 Å². The summed E-state index contributed by atoms with van der Waals surface area (Å²) in [6.45, 7) is 25.7. The molecule has 0 atom stereocenters. The molecule has 54 heavy (non-hydrogen) atoms. The van der Waals surface area contributed by atoms with Crippen LogP contribution < -0.4 is 18.9 Å². The van der Waals surface area contributed by atoms with Crippen molar-refractivity contribution in [3.63, 3.8) is 0 Å². The molecule has 302 valence electrons. The first-order valence-electron chi connectivity index (χ1n) is 19.3. The van der Waals surface area contributed by atoms with Crippen LogP contribution in [0.3, 0.4) is 0 Å². The second-order valence-electron chi connectivity index (χ2n) is 15.9. The van der Waals surface area contributed by atoms with Gasteiger partial charge in [0, 0.05) is 45.1 Å². The third-order valence-electron chi connectivity index (χ3n) is 9.22. The summed E-state index contributed by atoms with van der Waals surface area (Å²) in [5.41, 5.74) is 8.58. The van der Waals surface area contributed by atoms with Crippen molar-refractivity contribution >= 4 is 44.0 Å². The highest BCUT2D eigenvalue weighted by Crippen LogP contribution is 2.44. The van der Waals surface area contributed by atoms with Crippen LogP contribution in [-0.2, 0) is 35.5 Å². The molecule has 0 bridgehead atoms. The Balaban J connectivity index is 0.000000355. The van der Waals surface area contributed by atoms with E-state index in [4.69, 9.17) is 29.8 Å². The summed E-state index contributed by atoms with van der Waals surface area (Å²) in [6.07, 6.45) is 5.27. The lowest BCUT2D eigenvalue weighted by Gasteiger charge is -2.21. The average molecular weight is 851 g/mol. The zero-order chi connectivity index (χ0) is 41.7. The van der Waals surface area contributed by atoms with Crippen molar-refractivity contribution in [1.82, 2.24) is 0 Å². The molecule has 0 fully saturated rings. The zero-order valence-electron chi connectivity index (χ0n) is 36.0. The second kappa shape index (κ2) is 21.3. The van der Waals surface area contributed by atoms with Crippen LogP contribution in [-0.4, -0.2) is 72.6 Å². The Bertz CT molecular complexity index is 1590. The number of benzene rings is 2. The van der Waals surface area contributed by atoms with Gasteiger partial charge in [0.1, 0.15) is 47.3 Å². The molecule has 2 aliphatic heterocycles. The highest BCUT2D eigenvalue weighted by atomic mass is 79.9. The number of cyclic esters (lactones) is 2. The Morgan fingerprint density at radius 2 is 1.13 bits per heavy atom. The second-order valence-corrected chi connectivity index (χ2v) is 27.7. The van der Waals surface area contributed by atoms with Crippen LogP contribution in [0.5, 0.6) is 23.0 Å². The number of esters is 2. The molecule has 1 N–H and O–H groups in total. The van der Waals surface area contributed by atoms with Crippen LogP contribution in [0, 0.1) is 13.8 Å². The van der Waals surface area contributed by atoms with Crippen molar-refractivity contribution in [3.05, 3.63) is 67.8 Å². The highest BCUT2D eigenvalue weighted by molar-refractivity contribution is 9.09. The quantitative estimate of drug-likeness (QED) is 0.0764. The van der Waals surface area contributed by atoms with Crippen molar-refractivity contribution in [2.75, 3.05) is 39.4 Å². The van der Waals surface area contributed by atoms with E-state index in [1.165, 1.54) is 5.57 Å². The first-order valence-corrected chi connectivity index (χ1v) is 27.2. The zero-order valence-corrected chi connectivity index (χ0v) is 38.6. The number of aliphatic hydroxyl groups is 1. The van der Waals surface area contributed by atoms with E-state index in [-0.39, 0.29) is 31.8 Å². The fraction of sp³-hybridized carbons (Fsp3) is 0.571. The number of hydrogen-bond acceptors (Lipinski definition) is 9. The summed E-state index contributed by atoms with van der Waals surface area (Å²) in [7, 11) is 0.799. The Kier molecular flexibility index (Phi) is 17.9. The number of carbonyl (C=O) groups is 2. The normalized spacial score (nSPS) is 14.1. The van der Waals surface area contributed by atoms with E-state index in [0.717, 1.165) is 67.9 Å². The Morgan fingerprint density at radius 3 is 1.44 bits per heavy atom. The minimum atomic E-state index is -1.26. The topological polar surface area (TPSA) is 110 Å². The number of carbonyl (C=O) groups excluding carboxylic acids is 2. The van der Waals surface area contributed by atoms with Crippen LogP contribution in [0.4, 0.5) is 0 Å². The maximum atomic E-state index is 12.4. The average Bonchev–Trinajstić information content (AvgIpc) is 3.70. The summed E-state index contributed by atoms with van der Waals surface area (Å²) >= 11 is 3.48. The molecular formula is C42H65BrO9Si2. The van der Waals surface area contributed by atoms with Crippen molar-refractivity contribution in [2.45, 2.75) is 119 Å². The summed E-state index contributed by atoms with van der Waals surface area (Å²) in [6, 6.07) is 2.03. The monoisotopic (exact) mass is 849 g/mol. The molecule has 0 aliphatic carbocycles. The minimum absolute atomic E-state index is 0.0000939. The Hall–Kier alpha value is -3.07. The maximum absolute atomic E-state index is 12.4. The summed E-state index contributed by atoms with van der Waals surface area (Å²) in [5.74, 6) is 2.11. The van der Waals surface area contributed by atoms with E-state index in [1.54, 1.807) is 21.1 Å². The van der Waals surface area contributed by atoms with E-state index in [0.29, 0.717) is 55.6 Å². The van der Waals surface area contributed by atoms with Gasteiger partial charge in [-0.05, 0) is 63.8 Å². The number of alkyl halides is 1. The first-order chi connectivity index (χ1) is 25.8. The number of fused-ring (bicyclic) bond motifs is 2. The molecule has 0 saturated heterocycles. The first kappa shape index (κ1) is 45.3. The van der Waals surface area contributed by atoms with Gasteiger partial charge in [0.25, 0.3) is 0 Å². The molecule has 0 radical (unpaired) electrons. The SMILES string of the molecule is COc1c(C)c2c(c(OCC[Si](C)(C)C)c1C/C=C(\C)CBr)C(=O)OC2.COc1c(C)c2c(c(OCC[Si](C)(C)C)c1C/C=C(\C)CO)C(=O)OC2.[2H]CC. The van der Waals surface area contributed by atoms with Crippen LogP contribution in [0.2, 0.25) is 51.4 Å². The standard InChI is InChI=1S/C20H29BrO4Si.C20H30O5Si.C2H6/c2*1-13(11-21)7-8-15-18(23-3)14(2)16-12-25-20(22)17(16)19(15)24-9-10-26(4,5)6;1-2/h7H,8-12H2,1-6H3;7,21H,8-12H2,1-6H3;1-2H3/b2*13-7+;/i;;1D. The van der Waals surface area contributed by atoms with Crippen molar-refractivity contribution in [1.29, 1.82) is 0 Å². The highest BCUT2D eigenvalue weighted by Gasteiger charge is 2.34. The number of halogens is 1. The molecule has 4 rings (SSSR count). The Morgan fingerprint density at radius 1 is 0.759 bits per heavy atom. The lowest BCUT2D eigenvalue weighted by atomic mass is 9.95. The van der Waals surface area contributed by atoms with Gasteiger partial charge in [0.2, 0.25) is 0 Å². The van der Waals surface area contributed by atoms with Gasteiger partial charge in [0.15, 0.2) is 0 Å². The van der Waals surface area contributed by atoms with Crippen molar-refractivity contribution in [2.24, 2.45) is 0 Å². The van der Waals surface area contributed by atoms with Crippen LogP contribution in [0.15, 0.2) is 23.3 Å². The molecule has 2 aromatic rings. The van der Waals surface area contributed by atoms with Gasteiger partial charge in [-0.25, -0.2) is 9.59 Å². The number of ether oxygens (including phenoxy) is 6. The predicted molar refractivity (Wildman–Crippen MR) is 228 cm³/mol. The van der Waals surface area contributed by atoms with Crippen molar-refractivity contribution in [3.8, 4) is 23.0 Å². The molecule has 2 heterocycles. The smallest absolute Gasteiger partial charge is 0.342 e. The van der Waals surface area contributed by atoms with Gasteiger partial charge >= 0.3 is 11.9 Å². The molecular weight excluding hydrogens is 785 g/mol. The molecule has 0 spiro atoms. The molecule has 12 heteroatoms. The van der Waals surface area contributed by atoms with Gasteiger partial charge in [-0.2, -0.15) is 0 Å². The number of allylic oxidation sites excluding steroid dienone is 3. The van der Waals surface area contributed by atoms with Crippen LogP contribution >= 0.6 is 15.9 Å². The van der Waals surface area contributed by atoms with E-state index in [9.17, 15) is 14.7 Å². The minimum Gasteiger partial charge on any atom is -0.496 e. The Labute approximate surface area is 336 Å². The van der Waals surface area contributed by atoms with Crippen LogP contribution in [0.25, 0.3) is 0 Å². The van der Waals surface area contributed by atoms with Gasteiger partial charge < -0.3 is 33.5 Å². The number of methoxy groups -OCH3 is 2. The summed E-state index contributed by atoms with van der Waals surface area (Å²) in [5, 5.41) is 10.1. The lowest BCUT2D eigenvalue weighted by molar-refractivity contribution is 0.0522. The van der Waals surface area contributed by atoms with E-state index < -0.39 is 16.1 Å². The van der Waals surface area contributed by atoms with E-state index >= 15 is 0 Å². The molecule has 2 aromatic carbocycles.